The van der Waals surface area contributed by atoms with Gasteiger partial charge in [0, 0.05) is 6.92 Å². The maximum absolute atomic E-state index is 11.1. The topological polar surface area (TPSA) is 44.8 Å². The molecule has 0 saturated heterocycles. The van der Waals surface area contributed by atoms with Gasteiger partial charge in [0.25, 0.3) is 0 Å². The van der Waals surface area contributed by atoms with Crippen molar-refractivity contribution in [3.63, 3.8) is 0 Å². The minimum atomic E-state index is -0.359. The molecule has 0 aliphatic heterocycles. The zero-order valence-corrected chi connectivity index (χ0v) is 12.5. The Kier molecular flexibility index (Phi) is 5.47. The summed E-state index contributed by atoms with van der Waals surface area (Å²) in [7, 11) is 3.15. The number of hydrogen-bond donors (Lipinski definition) is 0. The predicted molar refractivity (Wildman–Crippen MR) is 72.4 cm³/mol. The van der Waals surface area contributed by atoms with Crippen LogP contribution < -0.4 is 9.47 Å². The fourth-order valence-corrected chi connectivity index (χ4v) is 2.05. The third kappa shape index (κ3) is 3.63. The van der Waals surface area contributed by atoms with Gasteiger partial charge in [-0.05, 0) is 24.6 Å². The molecule has 0 amide bonds. The lowest BCUT2D eigenvalue weighted by molar-refractivity contribution is -0.146. The van der Waals surface area contributed by atoms with Crippen LogP contribution in [0.25, 0.3) is 0 Å². The Morgan fingerprint density at radius 2 is 1.83 bits per heavy atom. The highest BCUT2D eigenvalue weighted by Gasteiger charge is 2.21. The first-order valence-electron chi connectivity index (χ1n) is 5.52. The zero-order chi connectivity index (χ0) is 13.7. The van der Waals surface area contributed by atoms with Gasteiger partial charge in [0.05, 0.1) is 19.0 Å². The average molecular weight is 317 g/mol. The van der Waals surface area contributed by atoms with Crippen molar-refractivity contribution in [1.82, 2.24) is 0 Å². The number of esters is 1. The lowest BCUT2D eigenvalue weighted by Gasteiger charge is -2.21. The molecule has 5 heteroatoms. The molecule has 0 fully saturated rings. The molecule has 0 N–H and O–H groups in total. The van der Waals surface area contributed by atoms with Gasteiger partial charge < -0.3 is 14.2 Å². The molecule has 1 aromatic rings. The Morgan fingerprint density at radius 1 is 1.22 bits per heavy atom. The molecule has 18 heavy (non-hydrogen) atoms. The van der Waals surface area contributed by atoms with E-state index in [1.54, 1.807) is 20.3 Å². The number of methoxy groups -OCH3 is 2. The van der Waals surface area contributed by atoms with Crippen LogP contribution in [0.1, 0.15) is 25.5 Å². The van der Waals surface area contributed by atoms with Crippen LogP contribution in [0.5, 0.6) is 11.5 Å². The number of ether oxygens (including phenoxy) is 3. The van der Waals surface area contributed by atoms with Gasteiger partial charge >= 0.3 is 5.97 Å². The average Bonchev–Trinajstić information content (AvgIpc) is 2.34. The fourth-order valence-electron chi connectivity index (χ4n) is 1.64. The Labute approximate surface area is 115 Å². The van der Waals surface area contributed by atoms with Crippen LogP contribution in [-0.4, -0.2) is 25.0 Å². The third-order valence-electron chi connectivity index (χ3n) is 2.45. The Morgan fingerprint density at radius 3 is 2.28 bits per heavy atom. The summed E-state index contributed by atoms with van der Waals surface area (Å²) in [5.41, 5.74) is 0.854. The summed E-state index contributed by atoms with van der Waals surface area (Å²) in [6, 6.07) is 5.46. The summed E-state index contributed by atoms with van der Waals surface area (Å²) in [6.07, 6.45) is -0.359. The van der Waals surface area contributed by atoms with Crippen molar-refractivity contribution >= 4 is 21.9 Å². The number of alkyl halides is 1. The summed E-state index contributed by atoms with van der Waals surface area (Å²) >= 11 is 3.44. The normalized spacial score (nSPS) is 13.6. The first-order chi connectivity index (χ1) is 8.49. The Bertz CT molecular complexity index is 417. The van der Waals surface area contributed by atoms with Crippen molar-refractivity contribution in [3.8, 4) is 11.5 Å². The molecular formula is C13H17BrO4. The van der Waals surface area contributed by atoms with E-state index in [0.29, 0.717) is 11.5 Å². The van der Waals surface area contributed by atoms with Gasteiger partial charge in [-0.15, -0.1) is 0 Å². The summed E-state index contributed by atoms with van der Waals surface area (Å²) in [5, 5.41) is 0. The molecule has 0 aliphatic carbocycles. The molecular weight excluding hydrogens is 300 g/mol. The van der Waals surface area contributed by atoms with Gasteiger partial charge in [0.1, 0.15) is 6.10 Å². The lowest BCUT2D eigenvalue weighted by Crippen LogP contribution is -2.16. The zero-order valence-electron chi connectivity index (χ0n) is 10.9. The van der Waals surface area contributed by atoms with E-state index in [1.165, 1.54) is 6.92 Å². The molecule has 4 nitrogen and oxygen atoms in total. The molecule has 0 bridgehead atoms. The van der Waals surface area contributed by atoms with Crippen LogP contribution in [0.15, 0.2) is 18.2 Å². The second-order valence-corrected chi connectivity index (χ2v) is 5.27. The number of carbonyl (C=O) groups excluding carboxylic acids is 1. The van der Waals surface area contributed by atoms with E-state index in [4.69, 9.17) is 14.2 Å². The predicted octanol–water partition coefficient (Wildman–Crippen LogP) is 3.09. The van der Waals surface area contributed by atoms with Gasteiger partial charge in [0.15, 0.2) is 11.5 Å². The second-order valence-electron chi connectivity index (χ2n) is 3.82. The van der Waals surface area contributed by atoms with Crippen LogP contribution >= 0.6 is 15.9 Å². The van der Waals surface area contributed by atoms with Crippen LogP contribution in [0, 0.1) is 0 Å². The van der Waals surface area contributed by atoms with Crippen molar-refractivity contribution in [1.29, 1.82) is 0 Å². The second kappa shape index (κ2) is 6.64. The highest BCUT2D eigenvalue weighted by Crippen LogP contribution is 2.34. The first-order valence-corrected chi connectivity index (χ1v) is 6.44. The first kappa shape index (κ1) is 14.8. The van der Waals surface area contributed by atoms with Crippen molar-refractivity contribution in [2.45, 2.75) is 24.8 Å². The van der Waals surface area contributed by atoms with Crippen LogP contribution in [0.4, 0.5) is 0 Å². The smallest absolute Gasteiger partial charge is 0.303 e. The molecule has 0 saturated carbocycles. The quantitative estimate of drug-likeness (QED) is 0.618. The van der Waals surface area contributed by atoms with E-state index in [0.717, 1.165) is 5.56 Å². The standard InChI is InChI=1S/C13H17BrO4/c1-8(14)13(18-9(2)15)10-5-6-11(16-3)12(7-10)17-4/h5-8,13H,1-4H3/t8-,13+/m1/s1. The number of rotatable bonds is 5. The highest BCUT2D eigenvalue weighted by atomic mass is 79.9. The fraction of sp³-hybridized carbons (Fsp3) is 0.462. The van der Waals surface area contributed by atoms with Gasteiger partial charge in [0.2, 0.25) is 0 Å². The lowest BCUT2D eigenvalue weighted by atomic mass is 10.1. The van der Waals surface area contributed by atoms with E-state index >= 15 is 0 Å². The molecule has 1 aromatic carbocycles. The monoisotopic (exact) mass is 316 g/mol. The number of benzene rings is 1. The van der Waals surface area contributed by atoms with Gasteiger partial charge in [-0.1, -0.05) is 22.0 Å². The van der Waals surface area contributed by atoms with E-state index in [-0.39, 0.29) is 16.9 Å². The van der Waals surface area contributed by atoms with Crippen molar-refractivity contribution in [2.24, 2.45) is 0 Å². The Balaban J connectivity index is 3.09. The van der Waals surface area contributed by atoms with Crippen molar-refractivity contribution < 1.29 is 19.0 Å². The van der Waals surface area contributed by atoms with Crippen LogP contribution in [0.2, 0.25) is 0 Å². The summed E-state index contributed by atoms with van der Waals surface area (Å²) < 4.78 is 15.7. The van der Waals surface area contributed by atoms with E-state index in [2.05, 4.69) is 15.9 Å². The highest BCUT2D eigenvalue weighted by molar-refractivity contribution is 9.09. The summed E-state index contributed by atoms with van der Waals surface area (Å²) in [4.78, 5) is 11.1. The van der Waals surface area contributed by atoms with Crippen LogP contribution in [-0.2, 0) is 9.53 Å². The van der Waals surface area contributed by atoms with Gasteiger partial charge in [-0.3, -0.25) is 4.79 Å². The summed E-state index contributed by atoms with van der Waals surface area (Å²) in [5.74, 6) is 0.937. The van der Waals surface area contributed by atoms with Gasteiger partial charge in [-0.25, -0.2) is 0 Å². The largest absolute Gasteiger partial charge is 0.493 e. The molecule has 100 valence electrons. The van der Waals surface area contributed by atoms with Gasteiger partial charge in [-0.2, -0.15) is 0 Å². The minimum Gasteiger partial charge on any atom is -0.493 e. The molecule has 0 aliphatic rings. The number of halogens is 1. The number of hydrogen-bond acceptors (Lipinski definition) is 4. The maximum Gasteiger partial charge on any atom is 0.303 e. The maximum atomic E-state index is 11.1. The van der Waals surface area contributed by atoms with Crippen LogP contribution in [0.3, 0.4) is 0 Å². The minimum absolute atomic E-state index is 0.000462. The molecule has 0 heterocycles. The van der Waals surface area contributed by atoms with E-state index < -0.39 is 0 Å². The molecule has 2 atom stereocenters. The SMILES string of the molecule is COc1ccc([C@@H](OC(C)=O)[C@@H](C)Br)cc1OC. The molecule has 0 spiro atoms. The Hall–Kier alpha value is -1.23. The van der Waals surface area contributed by atoms with Crippen molar-refractivity contribution in [3.05, 3.63) is 23.8 Å². The third-order valence-corrected chi connectivity index (χ3v) is 2.93. The molecule has 0 radical (unpaired) electrons. The summed E-state index contributed by atoms with van der Waals surface area (Å²) in [6.45, 7) is 3.31. The number of carbonyl (C=O) groups is 1. The van der Waals surface area contributed by atoms with E-state index in [9.17, 15) is 4.79 Å². The molecule has 1 rings (SSSR count). The van der Waals surface area contributed by atoms with Crippen molar-refractivity contribution in [2.75, 3.05) is 14.2 Å². The van der Waals surface area contributed by atoms with E-state index in [1.807, 2.05) is 19.1 Å². The molecule has 0 unspecified atom stereocenters. The molecule has 0 aromatic heterocycles.